The van der Waals surface area contributed by atoms with Gasteiger partial charge in [-0.2, -0.15) is 4.98 Å². The minimum absolute atomic E-state index is 0.280. The number of nitrogens with zero attached hydrogens (tertiary/aromatic N) is 2. The lowest BCUT2D eigenvalue weighted by molar-refractivity contribution is 0.102. The first-order chi connectivity index (χ1) is 13.5. The van der Waals surface area contributed by atoms with Gasteiger partial charge in [0.1, 0.15) is 11.6 Å². The maximum Gasteiger partial charge on any atom is 0.298 e. The van der Waals surface area contributed by atoms with E-state index >= 15 is 0 Å². The summed E-state index contributed by atoms with van der Waals surface area (Å²) in [6.07, 6.45) is 3.55. The molecular formula is C21H27FN4O2. The van der Waals surface area contributed by atoms with E-state index in [0.717, 1.165) is 37.9 Å². The zero-order valence-electron chi connectivity index (χ0n) is 16.7. The monoisotopic (exact) mass is 386 g/mol. The van der Waals surface area contributed by atoms with Crippen LogP contribution in [0.25, 0.3) is 0 Å². The van der Waals surface area contributed by atoms with Crippen LogP contribution in [0.2, 0.25) is 0 Å². The van der Waals surface area contributed by atoms with Crippen molar-refractivity contribution in [1.29, 1.82) is 0 Å². The van der Waals surface area contributed by atoms with Gasteiger partial charge >= 0.3 is 0 Å². The summed E-state index contributed by atoms with van der Waals surface area (Å²) in [5, 5.41) is 5.81. The normalized spacial score (nSPS) is 17.1. The van der Waals surface area contributed by atoms with Crippen LogP contribution in [0.1, 0.15) is 55.4 Å². The highest BCUT2D eigenvalue weighted by Crippen LogP contribution is 2.40. The van der Waals surface area contributed by atoms with Crippen LogP contribution in [0.15, 0.2) is 16.5 Å². The van der Waals surface area contributed by atoms with E-state index in [4.69, 9.17) is 4.42 Å². The fourth-order valence-electron chi connectivity index (χ4n) is 4.13. The van der Waals surface area contributed by atoms with E-state index < -0.39 is 0 Å². The summed E-state index contributed by atoms with van der Waals surface area (Å²) >= 11 is 0. The molecule has 0 unspecified atom stereocenters. The van der Waals surface area contributed by atoms with Gasteiger partial charge in [-0.05, 0) is 37.0 Å². The highest BCUT2D eigenvalue weighted by Gasteiger charge is 2.42. The van der Waals surface area contributed by atoms with Gasteiger partial charge in [0.15, 0.2) is 5.69 Å². The quantitative estimate of drug-likeness (QED) is 0.778. The number of benzene rings is 1. The van der Waals surface area contributed by atoms with Crippen LogP contribution >= 0.6 is 0 Å². The van der Waals surface area contributed by atoms with Crippen molar-refractivity contribution >= 4 is 23.3 Å². The topological polar surface area (TPSA) is 70.4 Å². The summed E-state index contributed by atoms with van der Waals surface area (Å²) in [4.78, 5) is 19.4. The summed E-state index contributed by atoms with van der Waals surface area (Å²) in [6.45, 7) is 8.85. The third-order valence-electron chi connectivity index (χ3n) is 6.17. The molecule has 6 nitrogen and oxygen atoms in total. The van der Waals surface area contributed by atoms with Gasteiger partial charge in [-0.15, -0.1) is 0 Å². The molecule has 1 aromatic heterocycles. The zero-order chi connectivity index (χ0) is 19.9. The van der Waals surface area contributed by atoms with Crippen LogP contribution < -0.4 is 15.5 Å². The lowest BCUT2D eigenvalue weighted by atomic mass is 9.75. The first kappa shape index (κ1) is 18.8. The molecule has 2 aliphatic heterocycles. The average molecular weight is 386 g/mol. The molecule has 3 heterocycles. The average Bonchev–Trinajstić information content (AvgIpc) is 3.28. The maximum absolute atomic E-state index is 14.2. The number of amides is 1. The molecule has 2 aliphatic rings. The van der Waals surface area contributed by atoms with Gasteiger partial charge in [0.25, 0.3) is 11.9 Å². The van der Waals surface area contributed by atoms with Gasteiger partial charge in [0.2, 0.25) is 0 Å². The molecule has 0 bridgehead atoms. The number of hydrogen-bond acceptors (Lipinski definition) is 5. The third-order valence-corrected chi connectivity index (χ3v) is 6.17. The molecule has 0 aliphatic carbocycles. The lowest BCUT2D eigenvalue weighted by Crippen LogP contribution is -2.56. The van der Waals surface area contributed by atoms with Crippen molar-refractivity contribution in [2.45, 2.75) is 46.5 Å². The molecule has 1 saturated heterocycles. The maximum atomic E-state index is 14.2. The highest BCUT2D eigenvalue weighted by atomic mass is 19.1. The highest BCUT2D eigenvalue weighted by molar-refractivity contribution is 6.04. The van der Waals surface area contributed by atoms with Gasteiger partial charge in [0.05, 0.1) is 5.69 Å². The van der Waals surface area contributed by atoms with Gasteiger partial charge in [0, 0.05) is 37.2 Å². The molecule has 4 rings (SSSR count). The predicted molar refractivity (Wildman–Crippen MR) is 108 cm³/mol. The molecule has 0 spiro atoms. The van der Waals surface area contributed by atoms with Gasteiger partial charge in [-0.1, -0.05) is 20.8 Å². The van der Waals surface area contributed by atoms with E-state index in [-0.39, 0.29) is 17.4 Å². The standard InChI is InChI=1S/C21H27FN4O2/c1-4-16-18(25-20(28-16)26-11-21(5-2,6-3)12-26)19(27)24-14-9-13-7-8-23-17(13)15(22)10-14/h9-10,23H,4-8,11-12H2,1-3H3,(H,24,27). The molecule has 0 atom stereocenters. The van der Waals surface area contributed by atoms with Gasteiger partial charge in [-0.3, -0.25) is 4.79 Å². The van der Waals surface area contributed by atoms with E-state index in [1.165, 1.54) is 6.07 Å². The number of rotatable bonds is 6. The lowest BCUT2D eigenvalue weighted by Gasteiger charge is -2.48. The summed E-state index contributed by atoms with van der Waals surface area (Å²) in [6, 6.07) is 3.66. The van der Waals surface area contributed by atoms with Crippen LogP contribution in [0.4, 0.5) is 21.8 Å². The Morgan fingerprint density at radius 1 is 1.32 bits per heavy atom. The Labute approximate surface area is 164 Å². The molecule has 0 radical (unpaired) electrons. The summed E-state index contributed by atoms with van der Waals surface area (Å²) in [5.74, 6) is -0.158. The van der Waals surface area contributed by atoms with E-state index in [1.807, 2.05) is 13.0 Å². The van der Waals surface area contributed by atoms with Crippen LogP contribution in [-0.2, 0) is 12.8 Å². The number of aryl methyl sites for hydroxylation is 1. The van der Waals surface area contributed by atoms with E-state index in [9.17, 15) is 9.18 Å². The molecule has 28 heavy (non-hydrogen) atoms. The fourth-order valence-corrected chi connectivity index (χ4v) is 4.13. The van der Waals surface area contributed by atoms with Crippen molar-refractivity contribution in [3.05, 3.63) is 35.0 Å². The van der Waals surface area contributed by atoms with E-state index in [2.05, 4.69) is 34.4 Å². The minimum Gasteiger partial charge on any atom is -0.428 e. The SMILES string of the molecule is CCc1oc(N2CC(CC)(CC)C2)nc1C(=O)Nc1cc(F)c2c(c1)CCN2. The fraction of sp³-hybridized carbons (Fsp3) is 0.524. The Hall–Kier alpha value is -2.57. The number of halogens is 1. The van der Waals surface area contributed by atoms with E-state index in [0.29, 0.717) is 41.5 Å². The molecule has 150 valence electrons. The number of fused-ring (bicyclic) bond motifs is 1. The number of aromatic nitrogens is 1. The zero-order valence-corrected chi connectivity index (χ0v) is 16.7. The first-order valence-electron chi connectivity index (χ1n) is 10.1. The summed E-state index contributed by atoms with van der Waals surface area (Å²) in [7, 11) is 0. The Morgan fingerprint density at radius 2 is 2.07 bits per heavy atom. The second-order valence-electron chi connectivity index (χ2n) is 7.81. The second-order valence-corrected chi connectivity index (χ2v) is 7.81. The number of anilines is 3. The molecule has 2 N–H and O–H groups in total. The van der Waals surface area contributed by atoms with E-state index in [1.54, 1.807) is 0 Å². The van der Waals surface area contributed by atoms with Crippen molar-refractivity contribution in [2.75, 3.05) is 35.2 Å². The number of carbonyl (C=O) groups is 1. The minimum atomic E-state index is -0.366. The Kier molecular flexibility index (Phi) is 4.77. The van der Waals surface area contributed by atoms with Crippen molar-refractivity contribution < 1.29 is 13.6 Å². The summed E-state index contributed by atoms with van der Waals surface area (Å²) in [5.41, 5.74) is 2.45. The van der Waals surface area contributed by atoms with Crippen molar-refractivity contribution in [1.82, 2.24) is 4.98 Å². The van der Waals surface area contributed by atoms with Crippen LogP contribution in [0.3, 0.4) is 0 Å². The van der Waals surface area contributed by atoms with Gasteiger partial charge < -0.3 is 20.0 Å². The molecule has 1 fully saturated rings. The Morgan fingerprint density at radius 3 is 2.75 bits per heavy atom. The first-order valence-corrected chi connectivity index (χ1v) is 10.1. The molecule has 2 aromatic rings. The van der Waals surface area contributed by atoms with Crippen molar-refractivity contribution in [3.8, 4) is 0 Å². The number of hydrogen-bond donors (Lipinski definition) is 2. The Balaban J connectivity index is 1.52. The van der Waals surface area contributed by atoms with Crippen LogP contribution in [-0.4, -0.2) is 30.5 Å². The smallest absolute Gasteiger partial charge is 0.298 e. The van der Waals surface area contributed by atoms with Crippen LogP contribution in [0.5, 0.6) is 0 Å². The molecule has 0 saturated carbocycles. The number of carbonyl (C=O) groups excluding carboxylic acids is 1. The van der Waals surface area contributed by atoms with Crippen molar-refractivity contribution in [3.63, 3.8) is 0 Å². The largest absolute Gasteiger partial charge is 0.428 e. The summed E-state index contributed by atoms with van der Waals surface area (Å²) < 4.78 is 20.1. The van der Waals surface area contributed by atoms with Crippen molar-refractivity contribution in [2.24, 2.45) is 5.41 Å². The Bertz CT molecular complexity index is 896. The second kappa shape index (κ2) is 7.11. The number of nitrogens with one attached hydrogen (secondary N) is 2. The van der Waals surface area contributed by atoms with Gasteiger partial charge in [-0.25, -0.2) is 4.39 Å². The predicted octanol–water partition coefficient (Wildman–Crippen LogP) is 4.22. The molecule has 1 amide bonds. The third kappa shape index (κ3) is 3.12. The van der Waals surface area contributed by atoms with Crippen LogP contribution in [0, 0.1) is 11.2 Å². The molecular weight excluding hydrogens is 359 g/mol. The number of oxazole rings is 1. The molecule has 7 heteroatoms. The molecule has 1 aromatic carbocycles.